The Labute approximate surface area is 155 Å². The maximum atomic E-state index is 5.50. The Morgan fingerprint density at radius 1 is 1.12 bits per heavy atom. The lowest BCUT2D eigenvalue weighted by Crippen LogP contribution is -2.08. The van der Waals surface area contributed by atoms with Gasteiger partial charge in [0, 0.05) is 19.2 Å². The second-order valence-corrected chi connectivity index (χ2v) is 6.24. The minimum absolute atomic E-state index is 0.676. The first-order valence-corrected chi connectivity index (χ1v) is 8.88. The molecule has 0 aliphatic carbocycles. The quantitative estimate of drug-likeness (QED) is 0.653. The molecule has 0 aliphatic heterocycles. The minimum atomic E-state index is 0.676. The second-order valence-electron chi connectivity index (χ2n) is 6.24. The summed E-state index contributed by atoms with van der Waals surface area (Å²) < 4.78 is 7.58. The number of hydrogen-bond acceptors (Lipinski definition) is 3. The Morgan fingerprint density at radius 3 is 2.54 bits per heavy atom. The summed E-state index contributed by atoms with van der Waals surface area (Å²) in [5.74, 6) is 1.74. The van der Waals surface area contributed by atoms with E-state index in [1.165, 1.54) is 11.1 Å². The van der Waals surface area contributed by atoms with Crippen molar-refractivity contribution in [1.82, 2.24) is 9.55 Å². The van der Waals surface area contributed by atoms with Crippen LogP contribution in [0.2, 0.25) is 0 Å². The standard InChI is InChI=1S/C22H25N3O/c1-4-26-20-12-10-19(11-13-20)21-16-24-22(25(21)3)23-15-17(2)14-18-8-6-5-7-9-18/h5-14,16H,4,15H2,1-3H3,(H,23,24)/b17-14+. The molecule has 0 bridgehead atoms. The summed E-state index contributed by atoms with van der Waals surface area (Å²) in [5, 5.41) is 3.41. The molecule has 2 aromatic carbocycles. The van der Waals surface area contributed by atoms with Gasteiger partial charge in [0.1, 0.15) is 5.75 Å². The Bertz CT molecular complexity index is 864. The molecule has 134 valence electrons. The van der Waals surface area contributed by atoms with Gasteiger partial charge in [-0.25, -0.2) is 4.98 Å². The SMILES string of the molecule is CCOc1ccc(-c2cnc(NC/C(C)=C/c3ccccc3)n2C)cc1. The molecule has 0 radical (unpaired) electrons. The largest absolute Gasteiger partial charge is 0.494 e. The fourth-order valence-corrected chi connectivity index (χ4v) is 2.83. The summed E-state index contributed by atoms with van der Waals surface area (Å²) >= 11 is 0. The Hall–Kier alpha value is -3.01. The topological polar surface area (TPSA) is 39.1 Å². The lowest BCUT2D eigenvalue weighted by atomic mass is 10.1. The van der Waals surface area contributed by atoms with Crippen LogP contribution in [-0.4, -0.2) is 22.7 Å². The fraction of sp³-hybridized carbons (Fsp3) is 0.227. The van der Waals surface area contributed by atoms with Gasteiger partial charge in [-0.3, -0.25) is 0 Å². The molecule has 0 unspecified atom stereocenters. The number of ether oxygens (including phenoxy) is 1. The molecule has 4 heteroatoms. The summed E-state index contributed by atoms with van der Waals surface area (Å²) in [7, 11) is 2.03. The van der Waals surface area contributed by atoms with Gasteiger partial charge in [-0.15, -0.1) is 0 Å². The molecule has 1 aromatic heterocycles. The van der Waals surface area contributed by atoms with Gasteiger partial charge in [-0.2, -0.15) is 0 Å². The van der Waals surface area contributed by atoms with Gasteiger partial charge in [0.05, 0.1) is 18.5 Å². The van der Waals surface area contributed by atoms with Crippen LogP contribution < -0.4 is 10.1 Å². The van der Waals surface area contributed by atoms with Crippen molar-refractivity contribution in [2.75, 3.05) is 18.5 Å². The number of nitrogens with zero attached hydrogens (tertiary/aromatic N) is 2. The van der Waals surface area contributed by atoms with E-state index in [9.17, 15) is 0 Å². The van der Waals surface area contributed by atoms with Gasteiger partial charge in [-0.05, 0) is 43.7 Å². The molecule has 0 saturated carbocycles. The van der Waals surface area contributed by atoms with Crippen molar-refractivity contribution in [2.24, 2.45) is 7.05 Å². The first-order chi connectivity index (χ1) is 12.7. The molecular formula is C22H25N3O. The Morgan fingerprint density at radius 2 is 1.85 bits per heavy atom. The maximum Gasteiger partial charge on any atom is 0.203 e. The number of nitrogens with one attached hydrogen (secondary N) is 1. The molecule has 0 spiro atoms. The van der Waals surface area contributed by atoms with Crippen molar-refractivity contribution in [3.05, 3.63) is 71.9 Å². The van der Waals surface area contributed by atoms with E-state index in [-0.39, 0.29) is 0 Å². The highest BCUT2D eigenvalue weighted by Gasteiger charge is 2.08. The summed E-state index contributed by atoms with van der Waals surface area (Å²) in [6, 6.07) is 18.4. The Balaban J connectivity index is 1.68. The summed E-state index contributed by atoms with van der Waals surface area (Å²) in [6.45, 7) is 5.54. The van der Waals surface area contributed by atoms with Crippen molar-refractivity contribution in [3.8, 4) is 17.0 Å². The molecular weight excluding hydrogens is 322 g/mol. The molecule has 0 fully saturated rings. The third-order valence-corrected chi connectivity index (χ3v) is 4.19. The molecule has 3 aromatic rings. The van der Waals surface area contributed by atoms with Gasteiger partial charge in [-0.1, -0.05) is 42.0 Å². The zero-order chi connectivity index (χ0) is 18.4. The predicted molar refractivity (Wildman–Crippen MR) is 108 cm³/mol. The van der Waals surface area contributed by atoms with Crippen LogP contribution in [0.3, 0.4) is 0 Å². The normalized spacial score (nSPS) is 11.4. The second kappa shape index (κ2) is 8.39. The third kappa shape index (κ3) is 4.33. The lowest BCUT2D eigenvalue weighted by molar-refractivity contribution is 0.340. The maximum absolute atomic E-state index is 5.50. The lowest BCUT2D eigenvalue weighted by Gasteiger charge is -2.09. The van der Waals surface area contributed by atoms with Crippen molar-refractivity contribution >= 4 is 12.0 Å². The highest BCUT2D eigenvalue weighted by molar-refractivity contribution is 5.62. The first-order valence-electron chi connectivity index (χ1n) is 8.88. The zero-order valence-corrected chi connectivity index (χ0v) is 15.6. The average Bonchev–Trinajstić information content (AvgIpc) is 3.02. The van der Waals surface area contributed by atoms with Crippen LogP contribution in [-0.2, 0) is 7.05 Å². The van der Waals surface area contributed by atoms with Crippen LogP contribution in [0, 0.1) is 0 Å². The highest BCUT2D eigenvalue weighted by atomic mass is 16.5. The molecule has 0 aliphatic rings. The predicted octanol–water partition coefficient (Wildman–Crippen LogP) is 5.00. The van der Waals surface area contributed by atoms with Crippen molar-refractivity contribution in [3.63, 3.8) is 0 Å². The van der Waals surface area contributed by atoms with E-state index >= 15 is 0 Å². The number of hydrogen-bond donors (Lipinski definition) is 1. The van der Waals surface area contributed by atoms with Crippen molar-refractivity contribution in [1.29, 1.82) is 0 Å². The number of imidazole rings is 1. The number of anilines is 1. The van der Waals surface area contributed by atoms with Crippen LogP contribution in [0.25, 0.3) is 17.3 Å². The molecule has 0 atom stereocenters. The van der Waals surface area contributed by atoms with Gasteiger partial charge >= 0.3 is 0 Å². The van der Waals surface area contributed by atoms with E-state index in [1.54, 1.807) is 0 Å². The third-order valence-electron chi connectivity index (χ3n) is 4.19. The number of aromatic nitrogens is 2. The monoisotopic (exact) mass is 347 g/mol. The van der Waals surface area contributed by atoms with Crippen LogP contribution in [0.1, 0.15) is 19.4 Å². The highest BCUT2D eigenvalue weighted by Crippen LogP contribution is 2.24. The van der Waals surface area contributed by atoms with Crippen molar-refractivity contribution in [2.45, 2.75) is 13.8 Å². The van der Waals surface area contributed by atoms with Gasteiger partial charge in [0.15, 0.2) is 0 Å². The number of benzene rings is 2. The molecule has 26 heavy (non-hydrogen) atoms. The molecule has 3 rings (SSSR count). The van der Waals surface area contributed by atoms with Gasteiger partial charge < -0.3 is 14.6 Å². The van der Waals surface area contributed by atoms with Crippen LogP contribution in [0.15, 0.2) is 66.4 Å². The van der Waals surface area contributed by atoms with E-state index < -0.39 is 0 Å². The van der Waals surface area contributed by atoms with Crippen molar-refractivity contribution < 1.29 is 4.74 Å². The molecule has 0 amide bonds. The van der Waals surface area contributed by atoms with E-state index in [1.807, 2.05) is 50.5 Å². The Kier molecular flexibility index (Phi) is 5.74. The summed E-state index contributed by atoms with van der Waals surface area (Å²) in [5.41, 5.74) is 4.65. The van der Waals surface area contributed by atoms with Gasteiger partial charge in [0.2, 0.25) is 5.95 Å². The van der Waals surface area contributed by atoms with E-state index in [0.29, 0.717) is 6.61 Å². The number of rotatable bonds is 7. The van der Waals surface area contributed by atoms with Crippen LogP contribution >= 0.6 is 0 Å². The van der Waals surface area contributed by atoms with Gasteiger partial charge in [0.25, 0.3) is 0 Å². The molecule has 0 saturated heterocycles. The first kappa shape index (κ1) is 17.8. The molecule has 4 nitrogen and oxygen atoms in total. The fourth-order valence-electron chi connectivity index (χ4n) is 2.83. The van der Waals surface area contributed by atoms with Crippen LogP contribution in [0.5, 0.6) is 5.75 Å². The minimum Gasteiger partial charge on any atom is -0.494 e. The smallest absolute Gasteiger partial charge is 0.203 e. The van der Waals surface area contributed by atoms with E-state index in [2.05, 4.69) is 52.1 Å². The van der Waals surface area contributed by atoms with E-state index in [0.717, 1.165) is 29.5 Å². The van der Waals surface area contributed by atoms with Crippen LogP contribution in [0.4, 0.5) is 5.95 Å². The zero-order valence-electron chi connectivity index (χ0n) is 15.6. The molecule has 1 N–H and O–H groups in total. The van der Waals surface area contributed by atoms with E-state index in [4.69, 9.17) is 4.74 Å². The average molecular weight is 347 g/mol. The summed E-state index contributed by atoms with van der Waals surface area (Å²) in [6.07, 6.45) is 4.08. The molecule has 1 heterocycles. The summed E-state index contributed by atoms with van der Waals surface area (Å²) in [4.78, 5) is 4.52.